The Balaban J connectivity index is 2.81. The lowest BCUT2D eigenvalue weighted by Crippen LogP contribution is -2.23. The van der Waals surface area contributed by atoms with E-state index in [1.807, 2.05) is 18.2 Å². The summed E-state index contributed by atoms with van der Waals surface area (Å²) in [6.45, 7) is 6.58. The highest BCUT2D eigenvalue weighted by atomic mass is 79.9. The van der Waals surface area contributed by atoms with Crippen LogP contribution in [0.1, 0.15) is 32.8 Å². The number of hydrogen-bond acceptors (Lipinski definition) is 2. The molecule has 0 fully saturated rings. The number of rotatable bonds is 4. The van der Waals surface area contributed by atoms with Gasteiger partial charge in [-0.15, -0.1) is 0 Å². The van der Waals surface area contributed by atoms with Gasteiger partial charge in [-0.3, -0.25) is 0 Å². The minimum Gasteiger partial charge on any atom is -0.382 e. The van der Waals surface area contributed by atoms with Gasteiger partial charge in [-0.1, -0.05) is 36.2 Å². The summed E-state index contributed by atoms with van der Waals surface area (Å²) in [5.74, 6) is 0.615. The Labute approximate surface area is 106 Å². The molecule has 1 aromatic carbocycles. The molecule has 0 aliphatic heterocycles. The van der Waals surface area contributed by atoms with E-state index in [4.69, 9.17) is 5.26 Å². The number of nitrogens with one attached hydrogen (secondary N) is 1. The molecule has 0 aliphatic rings. The minimum absolute atomic E-state index is 0.408. The van der Waals surface area contributed by atoms with Gasteiger partial charge in [0.2, 0.25) is 0 Å². The zero-order chi connectivity index (χ0) is 12.1. The van der Waals surface area contributed by atoms with Gasteiger partial charge in [-0.05, 0) is 31.0 Å². The zero-order valence-electron chi connectivity index (χ0n) is 9.92. The fourth-order valence-corrected chi connectivity index (χ4v) is 1.99. The lowest BCUT2D eigenvalue weighted by Gasteiger charge is -2.21. The topological polar surface area (TPSA) is 35.8 Å². The highest BCUT2D eigenvalue weighted by Crippen LogP contribution is 2.21. The van der Waals surface area contributed by atoms with E-state index in [1.165, 1.54) is 0 Å². The summed E-state index contributed by atoms with van der Waals surface area (Å²) in [6.07, 6.45) is 1.15. The van der Waals surface area contributed by atoms with Crippen molar-refractivity contribution in [2.24, 2.45) is 5.92 Å². The molecule has 16 heavy (non-hydrogen) atoms. The molecule has 3 heteroatoms. The van der Waals surface area contributed by atoms with E-state index in [1.54, 1.807) is 0 Å². The standard InChI is InChI=1S/C13H17BrN2/c1-4-9(2)10(3)16-13-6-11(8-15)5-12(14)7-13/h5-7,9-10,16H,4H2,1-3H3. The Kier molecular flexibility index (Phi) is 4.82. The Bertz CT molecular complexity index is 395. The van der Waals surface area contributed by atoms with Crippen LogP contribution in [0.5, 0.6) is 0 Å². The predicted molar refractivity (Wildman–Crippen MR) is 71.4 cm³/mol. The van der Waals surface area contributed by atoms with E-state index >= 15 is 0 Å². The van der Waals surface area contributed by atoms with Crippen LogP contribution in [0, 0.1) is 17.2 Å². The number of hydrogen-bond donors (Lipinski definition) is 1. The molecule has 0 bridgehead atoms. The molecule has 2 nitrogen and oxygen atoms in total. The summed E-state index contributed by atoms with van der Waals surface area (Å²) in [7, 11) is 0. The molecule has 1 aromatic rings. The van der Waals surface area contributed by atoms with Crippen LogP contribution in [0.15, 0.2) is 22.7 Å². The summed E-state index contributed by atoms with van der Waals surface area (Å²) < 4.78 is 0.936. The number of nitriles is 1. The van der Waals surface area contributed by atoms with Crippen LogP contribution < -0.4 is 5.32 Å². The molecule has 1 N–H and O–H groups in total. The molecule has 0 amide bonds. The summed E-state index contributed by atoms with van der Waals surface area (Å²) in [4.78, 5) is 0. The van der Waals surface area contributed by atoms with Gasteiger partial charge >= 0.3 is 0 Å². The normalized spacial score (nSPS) is 13.9. The minimum atomic E-state index is 0.408. The number of anilines is 1. The molecule has 0 aromatic heterocycles. The maximum Gasteiger partial charge on any atom is 0.0992 e. The molecule has 0 radical (unpaired) electrons. The van der Waals surface area contributed by atoms with Crippen LogP contribution in [0.3, 0.4) is 0 Å². The van der Waals surface area contributed by atoms with E-state index in [2.05, 4.69) is 48.1 Å². The first-order valence-corrected chi connectivity index (χ1v) is 6.33. The number of benzene rings is 1. The average Bonchev–Trinajstić information content (AvgIpc) is 2.26. The molecule has 2 unspecified atom stereocenters. The van der Waals surface area contributed by atoms with Gasteiger partial charge in [0.05, 0.1) is 11.6 Å². The van der Waals surface area contributed by atoms with Crippen molar-refractivity contribution in [2.45, 2.75) is 33.2 Å². The van der Waals surface area contributed by atoms with E-state index in [-0.39, 0.29) is 0 Å². The van der Waals surface area contributed by atoms with Crippen molar-refractivity contribution in [1.29, 1.82) is 5.26 Å². The van der Waals surface area contributed by atoms with Crippen LogP contribution in [0.25, 0.3) is 0 Å². The second-order valence-corrected chi connectivity index (χ2v) is 5.07. The third-order valence-electron chi connectivity index (χ3n) is 2.92. The Hall–Kier alpha value is -1.01. The summed E-state index contributed by atoms with van der Waals surface area (Å²) in [6, 6.07) is 8.26. The predicted octanol–water partition coefficient (Wildman–Crippen LogP) is 4.17. The van der Waals surface area contributed by atoms with Gasteiger partial charge in [0.1, 0.15) is 0 Å². The van der Waals surface area contributed by atoms with E-state index < -0.39 is 0 Å². The highest BCUT2D eigenvalue weighted by molar-refractivity contribution is 9.10. The van der Waals surface area contributed by atoms with Gasteiger partial charge in [-0.25, -0.2) is 0 Å². The van der Waals surface area contributed by atoms with Crippen molar-refractivity contribution >= 4 is 21.6 Å². The van der Waals surface area contributed by atoms with Crippen molar-refractivity contribution in [3.63, 3.8) is 0 Å². The van der Waals surface area contributed by atoms with Gasteiger partial charge in [-0.2, -0.15) is 5.26 Å². The molecule has 1 rings (SSSR count). The lowest BCUT2D eigenvalue weighted by molar-refractivity contribution is 0.494. The molecule has 0 aliphatic carbocycles. The van der Waals surface area contributed by atoms with Crippen molar-refractivity contribution in [1.82, 2.24) is 0 Å². The third-order valence-corrected chi connectivity index (χ3v) is 3.38. The number of nitrogens with zero attached hydrogens (tertiary/aromatic N) is 1. The smallest absolute Gasteiger partial charge is 0.0992 e. The van der Waals surface area contributed by atoms with Gasteiger partial charge in [0.15, 0.2) is 0 Å². The van der Waals surface area contributed by atoms with Gasteiger partial charge < -0.3 is 5.32 Å². The summed E-state index contributed by atoms with van der Waals surface area (Å²) >= 11 is 3.41. The lowest BCUT2D eigenvalue weighted by atomic mass is 10.0. The monoisotopic (exact) mass is 280 g/mol. The molecular formula is C13H17BrN2. The van der Waals surface area contributed by atoms with Crippen LogP contribution >= 0.6 is 15.9 Å². The molecule has 0 heterocycles. The SMILES string of the molecule is CCC(C)C(C)Nc1cc(Br)cc(C#N)c1. The molecule has 0 saturated carbocycles. The van der Waals surface area contributed by atoms with Gasteiger partial charge in [0.25, 0.3) is 0 Å². The van der Waals surface area contributed by atoms with Crippen LogP contribution in [0.4, 0.5) is 5.69 Å². The fraction of sp³-hybridized carbons (Fsp3) is 0.462. The van der Waals surface area contributed by atoms with Crippen LogP contribution in [0.2, 0.25) is 0 Å². The number of halogens is 1. The molecule has 0 saturated heterocycles. The second kappa shape index (κ2) is 5.91. The van der Waals surface area contributed by atoms with E-state index in [0.29, 0.717) is 17.5 Å². The first kappa shape index (κ1) is 13.1. The Morgan fingerprint density at radius 1 is 1.38 bits per heavy atom. The first-order valence-electron chi connectivity index (χ1n) is 5.54. The summed E-state index contributed by atoms with van der Waals surface area (Å²) in [5.41, 5.74) is 1.67. The quantitative estimate of drug-likeness (QED) is 0.899. The molecule has 2 atom stereocenters. The molecular weight excluding hydrogens is 264 g/mol. The van der Waals surface area contributed by atoms with Gasteiger partial charge in [0, 0.05) is 16.2 Å². The molecule has 0 spiro atoms. The van der Waals surface area contributed by atoms with Crippen LogP contribution in [-0.4, -0.2) is 6.04 Å². The van der Waals surface area contributed by atoms with Crippen molar-refractivity contribution in [3.8, 4) is 6.07 Å². The Morgan fingerprint density at radius 2 is 2.06 bits per heavy atom. The molecule has 86 valence electrons. The maximum atomic E-state index is 8.88. The van der Waals surface area contributed by atoms with Crippen molar-refractivity contribution in [2.75, 3.05) is 5.32 Å². The van der Waals surface area contributed by atoms with E-state index in [9.17, 15) is 0 Å². The first-order chi connectivity index (χ1) is 7.56. The van der Waals surface area contributed by atoms with Crippen molar-refractivity contribution < 1.29 is 0 Å². The average molecular weight is 281 g/mol. The van der Waals surface area contributed by atoms with E-state index in [0.717, 1.165) is 16.6 Å². The highest BCUT2D eigenvalue weighted by Gasteiger charge is 2.10. The zero-order valence-corrected chi connectivity index (χ0v) is 11.5. The third kappa shape index (κ3) is 3.53. The second-order valence-electron chi connectivity index (χ2n) is 4.16. The summed E-state index contributed by atoms with van der Waals surface area (Å²) in [5, 5.41) is 12.3. The fourth-order valence-electron chi connectivity index (χ4n) is 1.50. The maximum absolute atomic E-state index is 8.88. The van der Waals surface area contributed by atoms with Crippen LogP contribution in [-0.2, 0) is 0 Å². The Morgan fingerprint density at radius 3 is 2.62 bits per heavy atom. The largest absolute Gasteiger partial charge is 0.382 e. The van der Waals surface area contributed by atoms with Crippen molar-refractivity contribution in [3.05, 3.63) is 28.2 Å².